The molecule has 22 heavy (non-hydrogen) atoms. The zero-order valence-electron chi connectivity index (χ0n) is 13.3. The molecule has 116 valence electrons. The fourth-order valence-electron chi connectivity index (χ4n) is 6.06. The second-order valence-electron chi connectivity index (χ2n) is 7.62. The van der Waals surface area contributed by atoms with Gasteiger partial charge < -0.3 is 9.47 Å². The normalized spacial score (nSPS) is 42.8. The summed E-state index contributed by atoms with van der Waals surface area (Å²) in [7, 11) is 0. The first-order chi connectivity index (χ1) is 10.8. The van der Waals surface area contributed by atoms with Crippen LogP contribution in [0, 0.1) is 11.3 Å². The average Bonchev–Trinajstić information content (AvgIpc) is 2.88. The Labute approximate surface area is 132 Å². The van der Waals surface area contributed by atoms with Gasteiger partial charge in [-0.1, -0.05) is 43.2 Å². The SMILES string of the molecule is CC1=C(c2ccccc2)[C@@]23CCC[C@]4(CCCC[C@H]42)O[C@H]3O1. The number of benzene rings is 1. The third-order valence-corrected chi connectivity index (χ3v) is 6.72. The Morgan fingerprint density at radius 2 is 1.82 bits per heavy atom. The van der Waals surface area contributed by atoms with Gasteiger partial charge in [-0.15, -0.1) is 0 Å². The summed E-state index contributed by atoms with van der Waals surface area (Å²) in [6, 6.07) is 10.9. The molecule has 1 saturated heterocycles. The molecule has 1 aromatic rings. The molecule has 2 aliphatic carbocycles. The summed E-state index contributed by atoms with van der Waals surface area (Å²) in [5.41, 5.74) is 3.02. The molecule has 2 saturated carbocycles. The quantitative estimate of drug-likeness (QED) is 0.733. The molecule has 2 heterocycles. The van der Waals surface area contributed by atoms with E-state index in [1.165, 1.54) is 56.1 Å². The minimum atomic E-state index is -0.0340. The molecule has 0 unspecified atom stereocenters. The fraction of sp³-hybridized carbons (Fsp3) is 0.600. The Kier molecular flexibility index (Phi) is 2.63. The van der Waals surface area contributed by atoms with Crippen molar-refractivity contribution >= 4 is 5.57 Å². The number of rotatable bonds is 1. The number of hydrogen-bond donors (Lipinski definition) is 0. The van der Waals surface area contributed by atoms with Crippen molar-refractivity contribution in [3.05, 3.63) is 41.7 Å². The van der Waals surface area contributed by atoms with Crippen molar-refractivity contribution in [3.63, 3.8) is 0 Å². The van der Waals surface area contributed by atoms with E-state index in [1.54, 1.807) is 0 Å². The first-order valence-electron chi connectivity index (χ1n) is 8.88. The van der Waals surface area contributed by atoms with E-state index in [4.69, 9.17) is 9.47 Å². The number of hydrogen-bond acceptors (Lipinski definition) is 2. The van der Waals surface area contributed by atoms with Gasteiger partial charge in [0.2, 0.25) is 6.29 Å². The molecule has 1 spiro atoms. The van der Waals surface area contributed by atoms with Crippen molar-refractivity contribution in [2.75, 3.05) is 0 Å². The summed E-state index contributed by atoms with van der Waals surface area (Å²) in [5, 5.41) is 0. The largest absolute Gasteiger partial charge is 0.468 e. The zero-order chi connectivity index (χ0) is 14.8. The molecule has 0 amide bonds. The molecule has 5 rings (SSSR count). The van der Waals surface area contributed by atoms with Gasteiger partial charge in [0.25, 0.3) is 0 Å². The summed E-state index contributed by atoms with van der Waals surface area (Å²) >= 11 is 0. The highest BCUT2D eigenvalue weighted by Crippen LogP contribution is 2.70. The van der Waals surface area contributed by atoms with Crippen LogP contribution in [0.25, 0.3) is 5.57 Å². The Morgan fingerprint density at radius 1 is 1.00 bits per heavy atom. The first-order valence-corrected chi connectivity index (χ1v) is 8.88. The Morgan fingerprint density at radius 3 is 2.68 bits per heavy atom. The van der Waals surface area contributed by atoms with Crippen LogP contribution in [0.4, 0.5) is 0 Å². The van der Waals surface area contributed by atoms with Gasteiger partial charge in [0.05, 0.1) is 11.0 Å². The van der Waals surface area contributed by atoms with Crippen LogP contribution in [0.15, 0.2) is 36.1 Å². The van der Waals surface area contributed by atoms with E-state index in [0.717, 1.165) is 5.76 Å². The van der Waals surface area contributed by atoms with Crippen molar-refractivity contribution in [1.82, 2.24) is 0 Å². The zero-order valence-corrected chi connectivity index (χ0v) is 13.3. The highest BCUT2D eigenvalue weighted by atomic mass is 16.7. The Balaban J connectivity index is 1.69. The molecule has 4 atom stereocenters. The summed E-state index contributed by atoms with van der Waals surface area (Å²) in [6.07, 6.45) is 8.93. The van der Waals surface area contributed by atoms with Crippen molar-refractivity contribution in [1.29, 1.82) is 0 Å². The molecular formula is C20H24O2. The second-order valence-corrected chi connectivity index (χ2v) is 7.62. The Hall–Kier alpha value is -1.28. The van der Waals surface area contributed by atoms with Gasteiger partial charge in [0.15, 0.2) is 0 Å². The standard InChI is InChI=1S/C20H24O2/c1-14-17(15-8-3-2-4-9-15)20-13-7-12-19(22-18(20)21-14)11-6-5-10-16(19)20/h2-4,8-9,16,18H,5-7,10-13H2,1H3/t16-,18-,19+,20-/m1/s1. The first kappa shape index (κ1) is 13.2. The smallest absolute Gasteiger partial charge is 0.210 e. The fourth-order valence-corrected chi connectivity index (χ4v) is 6.06. The maximum Gasteiger partial charge on any atom is 0.210 e. The van der Waals surface area contributed by atoms with Gasteiger partial charge in [-0.05, 0) is 44.6 Å². The van der Waals surface area contributed by atoms with E-state index in [-0.39, 0.29) is 17.3 Å². The molecule has 0 N–H and O–H groups in total. The number of allylic oxidation sites excluding steroid dienone is 1. The minimum absolute atomic E-state index is 0.0340. The average molecular weight is 296 g/mol. The maximum atomic E-state index is 6.65. The summed E-state index contributed by atoms with van der Waals surface area (Å²) in [6.45, 7) is 2.14. The lowest BCUT2D eigenvalue weighted by Gasteiger charge is -2.47. The lowest BCUT2D eigenvalue weighted by Crippen LogP contribution is -2.47. The van der Waals surface area contributed by atoms with Gasteiger partial charge in [0.1, 0.15) is 5.76 Å². The van der Waals surface area contributed by atoms with Gasteiger partial charge in [0, 0.05) is 11.5 Å². The van der Waals surface area contributed by atoms with E-state index in [2.05, 4.69) is 37.3 Å². The van der Waals surface area contributed by atoms with E-state index >= 15 is 0 Å². The van der Waals surface area contributed by atoms with Crippen molar-refractivity contribution < 1.29 is 9.47 Å². The summed E-state index contributed by atoms with van der Waals surface area (Å²) in [4.78, 5) is 0. The van der Waals surface area contributed by atoms with Crippen LogP contribution in [-0.2, 0) is 9.47 Å². The molecule has 2 nitrogen and oxygen atoms in total. The van der Waals surface area contributed by atoms with Crippen molar-refractivity contribution in [2.24, 2.45) is 11.3 Å². The molecule has 0 aromatic heterocycles. The maximum absolute atomic E-state index is 6.65. The van der Waals surface area contributed by atoms with Gasteiger partial charge >= 0.3 is 0 Å². The van der Waals surface area contributed by atoms with Crippen LogP contribution in [0.1, 0.15) is 57.4 Å². The van der Waals surface area contributed by atoms with Crippen LogP contribution in [0.3, 0.4) is 0 Å². The molecule has 3 fully saturated rings. The molecule has 1 aromatic carbocycles. The molecule has 4 aliphatic rings. The van der Waals surface area contributed by atoms with Crippen LogP contribution in [0.2, 0.25) is 0 Å². The predicted molar refractivity (Wildman–Crippen MR) is 86.0 cm³/mol. The molecule has 2 aliphatic heterocycles. The summed E-state index contributed by atoms with van der Waals surface area (Å²) in [5.74, 6) is 1.75. The highest BCUT2D eigenvalue weighted by Gasteiger charge is 2.70. The van der Waals surface area contributed by atoms with E-state index in [9.17, 15) is 0 Å². The lowest BCUT2D eigenvalue weighted by atomic mass is 9.54. The van der Waals surface area contributed by atoms with Gasteiger partial charge in [-0.25, -0.2) is 0 Å². The third kappa shape index (κ3) is 1.45. The molecule has 2 heteroatoms. The topological polar surface area (TPSA) is 18.5 Å². The van der Waals surface area contributed by atoms with E-state index in [0.29, 0.717) is 5.92 Å². The van der Waals surface area contributed by atoms with E-state index in [1.807, 2.05) is 0 Å². The highest BCUT2D eigenvalue weighted by molar-refractivity contribution is 5.75. The lowest BCUT2D eigenvalue weighted by molar-refractivity contribution is -0.161. The minimum Gasteiger partial charge on any atom is -0.468 e. The van der Waals surface area contributed by atoms with Gasteiger partial charge in [-0.2, -0.15) is 0 Å². The summed E-state index contributed by atoms with van der Waals surface area (Å²) < 4.78 is 13.0. The molecular weight excluding hydrogens is 272 g/mol. The van der Waals surface area contributed by atoms with Crippen LogP contribution in [0.5, 0.6) is 0 Å². The van der Waals surface area contributed by atoms with Crippen LogP contribution in [-0.4, -0.2) is 11.9 Å². The third-order valence-electron chi connectivity index (χ3n) is 6.72. The van der Waals surface area contributed by atoms with E-state index < -0.39 is 0 Å². The van der Waals surface area contributed by atoms with Crippen molar-refractivity contribution in [2.45, 2.75) is 63.8 Å². The predicted octanol–water partition coefficient (Wildman–Crippen LogP) is 4.90. The van der Waals surface area contributed by atoms with Gasteiger partial charge in [-0.3, -0.25) is 0 Å². The number of ether oxygens (including phenoxy) is 2. The van der Waals surface area contributed by atoms with Crippen LogP contribution >= 0.6 is 0 Å². The molecule has 2 bridgehead atoms. The van der Waals surface area contributed by atoms with Crippen molar-refractivity contribution in [3.8, 4) is 0 Å². The second kappa shape index (κ2) is 4.38. The molecule has 0 radical (unpaired) electrons. The van der Waals surface area contributed by atoms with Crippen LogP contribution < -0.4 is 0 Å². The monoisotopic (exact) mass is 296 g/mol. The Bertz CT molecular complexity index is 630.